The summed E-state index contributed by atoms with van der Waals surface area (Å²) >= 11 is 0. The summed E-state index contributed by atoms with van der Waals surface area (Å²) in [5, 5.41) is 3.25. The van der Waals surface area contributed by atoms with E-state index in [2.05, 4.69) is 16.9 Å². The molecule has 0 saturated carbocycles. The number of benzene rings is 3. The summed E-state index contributed by atoms with van der Waals surface area (Å²) in [6.07, 6.45) is -3.21. The molecule has 0 spiro atoms. The molecule has 36 heavy (non-hydrogen) atoms. The number of halogens is 5. The lowest BCUT2D eigenvalue weighted by Crippen LogP contribution is -2.30. The molecule has 1 aromatic heterocycles. The van der Waals surface area contributed by atoms with Gasteiger partial charge in [-0.25, -0.2) is 0 Å². The van der Waals surface area contributed by atoms with Gasteiger partial charge < -0.3 is 10.1 Å². The van der Waals surface area contributed by atoms with Crippen molar-refractivity contribution in [1.82, 2.24) is 10.3 Å². The van der Waals surface area contributed by atoms with E-state index in [0.29, 0.717) is 22.0 Å². The molecule has 0 fully saturated rings. The van der Waals surface area contributed by atoms with Gasteiger partial charge in [0.1, 0.15) is 5.75 Å². The Labute approximate surface area is 205 Å². The predicted molar refractivity (Wildman–Crippen MR) is 130 cm³/mol. The molecule has 0 bridgehead atoms. The van der Waals surface area contributed by atoms with Crippen molar-refractivity contribution in [3.63, 3.8) is 0 Å². The van der Waals surface area contributed by atoms with Gasteiger partial charge in [0.05, 0.1) is 29.4 Å². The van der Waals surface area contributed by atoms with Gasteiger partial charge >= 0.3 is 6.18 Å². The minimum atomic E-state index is -4.55. The van der Waals surface area contributed by atoms with E-state index in [1.807, 2.05) is 6.92 Å². The molecule has 0 unspecified atom stereocenters. The third-order valence-corrected chi connectivity index (χ3v) is 5.73. The van der Waals surface area contributed by atoms with E-state index in [1.165, 1.54) is 24.4 Å². The number of rotatable bonds is 7. The van der Waals surface area contributed by atoms with Crippen molar-refractivity contribution < 1.29 is 26.7 Å². The van der Waals surface area contributed by atoms with Crippen LogP contribution in [0.5, 0.6) is 11.5 Å². The number of hydrogen-bond donors (Lipinski definition) is 1. The second-order valence-corrected chi connectivity index (χ2v) is 8.50. The molecular formula is C28H23F5N2O. The van der Waals surface area contributed by atoms with Gasteiger partial charge in [0.25, 0.3) is 5.92 Å². The number of nitrogens with one attached hydrogen (secondary N) is 1. The molecule has 0 aliphatic rings. The van der Waals surface area contributed by atoms with Crippen LogP contribution < -0.4 is 10.1 Å². The second kappa shape index (κ2) is 9.60. The average molecular weight is 498 g/mol. The van der Waals surface area contributed by atoms with E-state index in [1.54, 1.807) is 43.3 Å². The van der Waals surface area contributed by atoms with Gasteiger partial charge in [-0.15, -0.1) is 0 Å². The van der Waals surface area contributed by atoms with E-state index in [0.717, 1.165) is 17.7 Å². The Morgan fingerprint density at radius 2 is 1.69 bits per heavy atom. The number of nitrogens with zero attached hydrogens (tertiary/aromatic N) is 1. The summed E-state index contributed by atoms with van der Waals surface area (Å²) in [5.41, 5.74) is 1.37. The molecule has 1 N–H and O–H groups in total. The van der Waals surface area contributed by atoms with Gasteiger partial charge in [-0.1, -0.05) is 54.6 Å². The van der Waals surface area contributed by atoms with Gasteiger partial charge in [-0.05, 0) is 43.7 Å². The number of ether oxygens (including phenoxy) is 1. The quantitative estimate of drug-likeness (QED) is 0.262. The summed E-state index contributed by atoms with van der Waals surface area (Å²) in [7, 11) is 0. The van der Waals surface area contributed by atoms with Gasteiger partial charge in [-0.2, -0.15) is 22.0 Å². The predicted octanol–water partition coefficient (Wildman–Crippen LogP) is 8.02. The van der Waals surface area contributed by atoms with Crippen LogP contribution in [0.3, 0.4) is 0 Å². The smallest absolute Gasteiger partial charge is 0.416 e. The van der Waals surface area contributed by atoms with Gasteiger partial charge in [-0.3, -0.25) is 4.98 Å². The molecule has 0 radical (unpaired) electrons. The highest BCUT2D eigenvalue weighted by atomic mass is 19.4. The molecule has 0 atom stereocenters. The molecule has 186 valence electrons. The SMILES string of the molecule is C=C(NCC(F)(F)c1ccc(C)cc1C)c1c(Oc2cccc(C(F)(F)F)c2)cnc2ccccc12. The van der Waals surface area contributed by atoms with Crippen molar-refractivity contribution in [2.75, 3.05) is 6.54 Å². The molecule has 3 nitrogen and oxygen atoms in total. The fourth-order valence-corrected chi connectivity index (χ4v) is 4.00. The third kappa shape index (κ3) is 5.32. The van der Waals surface area contributed by atoms with Crippen molar-refractivity contribution in [2.24, 2.45) is 0 Å². The fraction of sp³-hybridized carbons (Fsp3) is 0.179. The van der Waals surface area contributed by atoms with E-state index in [-0.39, 0.29) is 22.8 Å². The zero-order valence-corrected chi connectivity index (χ0v) is 19.6. The Kier molecular flexibility index (Phi) is 6.71. The third-order valence-electron chi connectivity index (χ3n) is 5.73. The zero-order chi connectivity index (χ0) is 26.1. The van der Waals surface area contributed by atoms with Crippen LogP contribution in [0, 0.1) is 13.8 Å². The van der Waals surface area contributed by atoms with Crippen molar-refractivity contribution in [1.29, 1.82) is 0 Å². The minimum absolute atomic E-state index is 0.0726. The lowest BCUT2D eigenvalue weighted by Gasteiger charge is -2.22. The maximum Gasteiger partial charge on any atom is 0.416 e. The van der Waals surface area contributed by atoms with Crippen LogP contribution in [0.2, 0.25) is 0 Å². The van der Waals surface area contributed by atoms with Gasteiger partial charge in [0.2, 0.25) is 0 Å². The summed E-state index contributed by atoms with van der Waals surface area (Å²) < 4.78 is 75.4. The highest BCUT2D eigenvalue weighted by Crippen LogP contribution is 2.37. The fourth-order valence-electron chi connectivity index (χ4n) is 4.00. The van der Waals surface area contributed by atoms with Crippen LogP contribution in [0.4, 0.5) is 22.0 Å². The number of fused-ring (bicyclic) bond motifs is 1. The number of aromatic nitrogens is 1. The van der Waals surface area contributed by atoms with Crippen LogP contribution in [-0.2, 0) is 12.1 Å². The molecule has 4 rings (SSSR count). The molecular weight excluding hydrogens is 475 g/mol. The second-order valence-electron chi connectivity index (χ2n) is 8.50. The van der Waals surface area contributed by atoms with Crippen LogP contribution >= 0.6 is 0 Å². The van der Waals surface area contributed by atoms with Gasteiger partial charge in [0.15, 0.2) is 5.75 Å². The minimum Gasteiger partial charge on any atom is -0.455 e. The molecule has 0 aliphatic carbocycles. The number of pyridine rings is 1. The molecule has 1 heterocycles. The first-order valence-corrected chi connectivity index (χ1v) is 11.1. The van der Waals surface area contributed by atoms with Crippen LogP contribution in [0.15, 0.2) is 79.5 Å². The molecule has 3 aromatic carbocycles. The Bertz CT molecular complexity index is 1430. The molecule has 4 aromatic rings. The molecule has 0 aliphatic heterocycles. The standard InChI is InChI=1S/C28H23F5N2O/c1-17-11-12-23(18(2)13-17)27(29,30)16-35-19(3)26-22-9-4-5-10-24(22)34-15-25(26)36-21-8-6-7-20(14-21)28(31,32)33/h4-15,35H,3,16H2,1-2H3. The summed E-state index contributed by atoms with van der Waals surface area (Å²) in [5.74, 6) is -3.19. The summed E-state index contributed by atoms with van der Waals surface area (Å²) in [4.78, 5) is 4.30. The van der Waals surface area contributed by atoms with Crippen molar-refractivity contribution in [2.45, 2.75) is 25.9 Å². The van der Waals surface area contributed by atoms with Crippen LogP contribution in [0.25, 0.3) is 16.6 Å². The Balaban J connectivity index is 1.67. The zero-order valence-electron chi connectivity index (χ0n) is 19.6. The van der Waals surface area contributed by atoms with E-state index < -0.39 is 24.2 Å². The first kappa shape index (κ1) is 25.2. The lowest BCUT2D eigenvalue weighted by atomic mass is 10.00. The van der Waals surface area contributed by atoms with Crippen molar-refractivity contribution in [3.8, 4) is 11.5 Å². The maximum absolute atomic E-state index is 15.1. The van der Waals surface area contributed by atoms with E-state index in [4.69, 9.17) is 4.74 Å². The monoisotopic (exact) mass is 498 g/mol. The number of hydrogen-bond acceptors (Lipinski definition) is 3. The van der Waals surface area contributed by atoms with Gasteiger partial charge in [0, 0.05) is 16.6 Å². The van der Waals surface area contributed by atoms with Crippen molar-refractivity contribution >= 4 is 16.6 Å². The summed E-state index contributed by atoms with van der Waals surface area (Å²) in [6.45, 7) is 6.65. The Hall–Kier alpha value is -3.94. The maximum atomic E-state index is 15.1. The Morgan fingerprint density at radius 1 is 0.944 bits per heavy atom. The molecule has 0 saturated heterocycles. The molecule has 8 heteroatoms. The average Bonchev–Trinajstić information content (AvgIpc) is 2.82. The van der Waals surface area contributed by atoms with E-state index >= 15 is 8.78 Å². The highest BCUT2D eigenvalue weighted by Gasteiger charge is 2.33. The lowest BCUT2D eigenvalue weighted by molar-refractivity contribution is -0.137. The topological polar surface area (TPSA) is 34.1 Å². The first-order valence-electron chi connectivity index (χ1n) is 11.1. The number of aryl methyl sites for hydroxylation is 2. The Morgan fingerprint density at radius 3 is 2.42 bits per heavy atom. The number of alkyl halides is 5. The van der Waals surface area contributed by atoms with E-state index in [9.17, 15) is 13.2 Å². The first-order chi connectivity index (χ1) is 17.0. The van der Waals surface area contributed by atoms with Crippen molar-refractivity contribution in [3.05, 3.63) is 107 Å². The van der Waals surface area contributed by atoms with Crippen LogP contribution in [0.1, 0.15) is 27.8 Å². The number of para-hydroxylation sites is 1. The largest absolute Gasteiger partial charge is 0.455 e. The normalized spacial score (nSPS) is 12.0. The summed E-state index contributed by atoms with van der Waals surface area (Å²) in [6, 6.07) is 16.1. The molecule has 0 amide bonds. The van der Waals surface area contributed by atoms with Crippen LogP contribution in [-0.4, -0.2) is 11.5 Å². The highest BCUT2D eigenvalue weighted by molar-refractivity contribution is 5.93.